The van der Waals surface area contributed by atoms with E-state index in [9.17, 15) is 4.79 Å². The van der Waals surface area contributed by atoms with Gasteiger partial charge in [0.2, 0.25) is 0 Å². The first-order chi connectivity index (χ1) is 12.5. The molecule has 3 rings (SSSR count). The molecule has 26 heavy (non-hydrogen) atoms. The van der Waals surface area contributed by atoms with Crippen molar-refractivity contribution in [3.63, 3.8) is 0 Å². The number of hydrazone groups is 1. The van der Waals surface area contributed by atoms with Crippen LogP contribution in [0.3, 0.4) is 0 Å². The lowest BCUT2D eigenvalue weighted by atomic mass is 9.85. The molecule has 0 spiro atoms. The summed E-state index contributed by atoms with van der Waals surface area (Å²) in [6, 6.07) is 13.7. The molecular weight excluding hydrogens is 324 g/mol. The number of hydrogen-bond acceptors (Lipinski definition) is 3. The summed E-state index contributed by atoms with van der Waals surface area (Å²) < 4.78 is 5.70. The lowest BCUT2D eigenvalue weighted by molar-refractivity contribution is -0.123. The van der Waals surface area contributed by atoms with E-state index in [-0.39, 0.29) is 12.5 Å². The highest BCUT2D eigenvalue weighted by Gasteiger charge is 2.18. The zero-order valence-electron chi connectivity index (χ0n) is 15.3. The van der Waals surface area contributed by atoms with Crippen molar-refractivity contribution in [2.24, 2.45) is 11.0 Å². The fraction of sp³-hybridized carbons (Fsp3) is 0.273. The van der Waals surface area contributed by atoms with Gasteiger partial charge in [-0.3, -0.25) is 4.79 Å². The van der Waals surface area contributed by atoms with E-state index < -0.39 is 0 Å². The third kappa shape index (κ3) is 4.20. The Bertz CT molecular complexity index is 891. The van der Waals surface area contributed by atoms with Gasteiger partial charge in [0.25, 0.3) is 5.91 Å². The van der Waals surface area contributed by atoms with E-state index in [0.717, 1.165) is 40.5 Å². The molecule has 1 N–H and O–H groups in total. The van der Waals surface area contributed by atoms with Gasteiger partial charge in [0, 0.05) is 5.39 Å². The van der Waals surface area contributed by atoms with Crippen LogP contribution in [-0.2, 0) is 4.79 Å². The number of rotatable bonds is 5. The van der Waals surface area contributed by atoms with Crippen LogP contribution < -0.4 is 10.2 Å². The van der Waals surface area contributed by atoms with Crippen molar-refractivity contribution in [3.8, 4) is 5.75 Å². The summed E-state index contributed by atoms with van der Waals surface area (Å²) >= 11 is 0. The van der Waals surface area contributed by atoms with Crippen LogP contribution in [-0.4, -0.2) is 18.2 Å². The average Bonchev–Trinajstić information content (AvgIpc) is 2.65. The fourth-order valence-corrected chi connectivity index (χ4v) is 3.05. The first-order valence-corrected chi connectivity index (χ1v) is 8.83. The van der Waals surface area contributed by atoms with E-state index >= 15 is 0 Å². The number of carbonyl (C=O) groups excluding carboxylic acids is 1. The molecule has 1 atom stereocenters. The van der Waals surface area contributed by atoms with Crippen molar-refractivity contribution in [1.82, 2.24) is 5.43 Å². The van der Waals surface area contributed by atoms with E-state index in [0.29, 0.717) is 11.7 Å². The van der Waals surface area contributed by atoms with Gasteiger partial charge in [-0.1, -0.05) is 54.6 Å². The van der Waals surface area contributed by atoms with Crippen molar-refractivity contribution in [2.75, 3.05) is 6.61 Å². The summed E-state index contributed by atoms with van der Waals surface area (Å²) in [5.74, 6) is 0.818. The number of fused-ring (bicyclic) bond motifs is 1. The molecule has 134 valence electrons. The van der Waals surface area contributed by atoms with E-state index in [1.165, 1.54) is 0 Å². The van der Waals surface area contributed by atoms with Crippen molar-refractivity contribution < 1.29 is 9.53 Å². The molecule has 0 heterocycles. The molecule has 0 saturated heterocycles. The molecule has 0 aliphatic heterocycles. The zero-order chi connectivity index (χ0) is 18.5. The normalized spacial score (nSPS) is 18.5. The molecule has 4 heteroatoms. The average molecular weight is 348 g/mol. The highest BCUT2D eigenvalue weighted by atomic mass is 16.5. The zero-order valence-corrected chi connectivity index (χ0v) is 15.3. The molecule has 2 aromatic rings. The van der Waals surface area contributed by atoms with Gasteiger partial charge in [-0.2, -0.15) is 5.10 Å². The fourth-order valence-electron chi connectivity index (χ4n) is 3.05. The number of benzene rings is 2. The molecule has 1 aliphatic carbocycles. The molecule has 4 nitrogen and oxygen atoms in total. The summed E-state index contributed by atoms with van der Waals surface area (Å²) in [5.41, 5.74) is 5.77. The molecule has 0 aromatic heterocycles. The molecule has 0 radical (unpaired) electrons. The number of allylic oxidation sites excluding steroid dienone is 3. The molecular formula is C22H24N2O2. The summed E-state index contributed by atoms with van der Waals surface area (Å²) in [4.78, 5) is 12.1. The van der Waals surface area contributed by atoms with Crippen LogP contribution in [0.1, 0.15) is 26.7 Å². The minimum atomic E-state index is -0.268. The van der Waals surface area contributed by atoms with Crippen LogP contribution >= 0.6 is 0 Å². The van der Waals surface area contributed by atoms with Gasteiger partial charge < -0.3 is 4.74 Å². The highest BCUT2D eigenvalue weighted by Crippen LogP contribution is 2.26. The predicted molar refractivity (Wildman–Crippen MR) is 106 cm³/mol. The van der Waals surface area contributed by atoms with Gasteiger partial charge in [-0.15, -0.1) is 0 Å². The van der Waals surface area contributed by atoms with Crippen LogP contribution in [0, 0.1) is 5.92 Å². The van der Waals surface area contributed by atoms with Crippen LogP contribution in [0.5, 0.6) is 5.75 Å². The number of nitrogens with one attached hydrogen (secondary N) is 1. The Labute approximate surface area is 154 Å². The van der Waals surface area contributed by atoms with Crippen LogP contribution in [0.2, 0.25) is 0 Å². The number of hydrogen-bond donors (Lipinski definition) is 1. The third-order valence-electron chi connectivity index (χ3n) is 4.72. The summed E-state index contributed by atoms with van der Waals surface area (Å²) in [5, 5.41) is 6.37. The van der Waals surface area contributed by atoms with Gasteiger partial charge in [-0.05, 0) is 49.6 Å². The van der Waals surface area contributed by atoms with Gasteiger partial charge in [-0.25, -0.2) is 5.43 Å². The maximum atomic E-state index is 12.1. The smallest absolute Gasteiger partial charge is 0.277 e. The molecule has 2 aromatic carbocycles. The van der Waals surface area contributed by atoms with E-state index in [1.807, 2.05) is 56.3 Å². The summed E-state index contributed by atoms with van der Waals surface area (Å²) in [7, 11) is 0. The van der Waals surface area contributed by atoms with Crippen molar-refractivity contribution in [2.45, 2.75) is 26.7 Å². The first kappa shape index (κ1) is 17.9. The number of carbonyl (C=O) groups is 1. The summed E-state index contributed by atoms with van der Waals surface area (Å²) in [6.45, 7) is 8.01. The largest absolute Gasteiger partial charge is 0.483 e. The lowest BCUT2D eigenvalue weighted by Crippen LogP contribution is -2.27. The lowest BCUT2D eigenvalue weighted by Gasteiger charge is -2.22. The van der Waals surface area contributed by atoms with Crippen LogP contribution in [0.15, 0.2) is 71.4 Å². The van der Waals surface area contributed by atoms with E-state index in [4.69, 9.17) is 4.74 Å². The Morgan fingerprint density at radius 3 is 2.85 bits per heavy atom. The van der Waals surface area contributed by atoms with Gasteiger partial charge in [0.1, 0.15) is 5.75 Å². The molecule has 1 aliphatic rings. The summed E-state index contributed by atoms with van der Waals surface area (Å²) in [6.07, 6.45) is 3.95. The quantitative estimate of drug-likeness (QED) is 0.633. The van der Waals surface area contributed by atoms with E-state index in [2.05, 4.69) is 23.2 Å². The molecule has 0 fully saturated rings. The topological polar surface area (TPSA) is 50.7 Å². The Morgan fingerprint density at radius 1 is 1.27 bits per heavy atom. The van der Waals surface area contributed by atoms with Gasteiger partial charge >= 0.3 is 0 Å². The molecule has 0 unspecified atom stereocenters. The second-order valence-electron chi connectivity index (χ2n) is 6.73. The maximum absolute atomic E-state index is 12.1. The van der Waals surface area contributed by atoms with Crippen molar-refractivity contribution in [3.05, 3.63) is 66.3 Å². The van der Waals surface area contributed by atoms with Crippen molar-refractivity contribution >= 4 is 22.4 Å². The molecule has 0 bridgehead atoms. The van der Waals surface area contributed by atoms with Gasteiger partial charge in [0.05, 0.1) is 5.71 Å². The monoisotopic (exact) mass is 348 g/mol. The number of ether oxygens (including phenoxy) is 1. The molecule has 1 amide bonds. The Balaban J connectivity index is 1.61. The third-order valence-corrected chi connectivity index (χ3v) is 4.72. The highest BCUT2D eigenvalue weighted by molar-refractivity contribution is 6.01. The number of amides is 1. The maximum Gasteiger partial charge on any atom is 0.277 e. The standard InChI is InChI=1S/C22H24N2O2/c1-15(2)18-12-11-16(3)20(13-18)23-24-22(25)14-26-21-10-6-8-17-7-4-5-9-19(17)21/h4-11,18H,1,12-14H2,2-3H3,(H,24,25)/b23-20+/t18-/m0/s1. The second-order valence-corrected chi connectivity index (χ2v) is 6.73. The molecule has 0 saturated carbocycles. The Kier molecular flexibility index (Phi) is 5.52. The van der Waals surface area contributed by atoms with E-state index in [1.54, 1.807) is 0 Å². The number of nitrogens with zero attached hydrogens (tertiary/aromatic N) is 1. The minimum absolute atomic E-state index is 0.0720. The van der Waals surface area contributed by atoms with Crippen LogP contribution in [0.25, 0.3) is 10.8 Å². The Hall–Kier alpha value is -2.88. The van der Waals surface area contributed by atoms with Crippen molar-refractivity contribution in [1.29, 1.82) is 0 Å². The SMILES string of the molecule is C=C(C)[C@H]1CC=C(C)/C(=N/NC(=O)COc2cccc3ccccc23)C1. The van der Waals surface area contributed by atoms with Gasteiger partial charge in [0.15, 0.2) is 6.61 Å². The second kappa shape index (κ2) is 8.00. The predicted octanol–water partition coefficient (Wildman–Crippen LogP) is 4.62. The first-order valence-electron chi connectivity index (χ1n) is 8.83. The Morgan fingerprint density at radius 2 is 2.04 bits per heavy atom. The minimum Gasteiger partial charge on any atom is -0.483 e. The van der Waals surface area contributed by atoms with Crippen LogP contribution in [0.4, 0.5) is 0 Å².